The van der Waals surface area contributed by atoms with Crippen molar-refractivity contribution in [1.29, 1.82) is 0 Å². The molecule has 2 atom stereocenters. The average molecular weight is 1280 g/mol. The number of phosphoric acid groups is 1. The fraction of sp³-hybridized carbons (Fsp3) is 0.654. The zero-order chi connectivity index (χ0) is 65.8. The predicted molar refractivity (Wildman–Crippen MR) is 394 cm³/mol. The third kappa shape index (κ3) is 74.5. The smallest absolute Gasteiger partial charge is 0.462 e. The van der Waals surface area contributed by atoms with Crippen LogP contribution in [0.2, 0.25) is 0 Å². The maximum atomic E-state index is 12.7. The van der Waals surface area contributed by atoms with Gasteiger partial charge in [-0.3, -0.25) is 18.6 Å². The summed E-state index contributed by atoms with van der Waals surface area (Å²) in [5.41, 5.74) is 5.40. The molecule has 9 nitrogen and oxygen atoms in total. The van der Waals surface area contributed by atoms with Gasteiger partial charge in [0.15, 0.2) is 6.10 Å². The maximum absolute atomic E-state index is 12.7. The molecule has 0 radical (unpaired) electrons. The van der Waals surface area contributed by atoms with E-state index in [2.05, 4.69) is 166 Å². The molecule has 0 aliphatic rings. The van der Waals surface area contributed by atoms with Crippen molar-refractivity contribution in [2.45, 2.75) is 315 Å². The predicted octanol–water partition coefficient (Wildman–Crippen LogP) is 24.7. The molecule has 3 N–H and O–H groups in total. The molecule has 518 valence electrons. The summed E-state index contributed by atoms with van der Waals surface area (Å²) in [4.78, 5) is 35.3. The summed E-state index contributed by atoms with van der Waals surface area (Å²) in [5.74, 6) is -0.897. The van der Waals surface area contributed by atoms with Gasteiger partial charge in [-0.25, -0.2) is 4.57 Å². The molecule has 0 aromatic heterocycles. The second-order valence-electron chi connectivity index (χ2n) is 24.0. The van der Waals surface area contributed by atoms with Crippen molar-refractivity contribution in [3.05, 3.63) is 158 Å². The van der Waals surface area contributed by atoms with Gasteiger partial charge in [0, 0.05) is 19.4 Å². The number of hydrogen-bond acceptors (Lipinski definition) is 8. The first-order valence-corrected chi connectivity index (χ1v) is 38.5. The lowest BCUT2D eigenvalue weighted by Gasteiger charge is -2.19. The molecule has 2 unspecified atom stereocenters. The average Bonchev–Trinajstić information content (AvgIpc) is 3.68. The van der Waals surface area contributed by atoms with Gasteiger partial charge in [-0.05, 0) is 116 Å². The Hall–Kier alpha value is -4.37. The van der Waals surface area contributed by atoms with Crippen LogP contribution in [0.3, 0.4) is 0 Å². The fourth-order valence-corrected chi connectivity index (χ4v) is 10.8. The summed E-state index contributed by atoms with van der Waals surface area (Å²) in [7, 11) is -4.42. The van der Waals surface area contributed by atoms with E-state index in [1.807, 2.05) is 6.08 Å². The Bertz CT molecular complexity index is 2050. The molecule has 91 heavy (non-hydrogen) atoms. The van der Waals surface area contributed by atoms with Gasteiger partial charge in [0.2, 0.25) is 0 Å². The number of carbonyl (C=O) groups excluding carboxylic acids is 2. The maximum Gasteiger partial charge on any atom is 0.472 e. The minimum atomic E-state index is -4.42. The fourth-order valence-electron chi connectivity index (χ4n) is 10.0. The normalized spacial score (nSPS) is 13.8. The number of esters is 2. The number of ether oxygens (including phenoxy) is 2. The van der Waals surface area contributed by atoms with Gasteiger partial charge in [0.1, 0.15) is 6.61 Å². The zero-order valence-corrected chi connectivity index (χ0v) is 59.2. The van der Waals surface area contributed by atoms with E-state index in [1.165, 1.54) is 167 Å². The summed E-state index contributed by atoms with van der Waals surface area (Å²) < 4.78 is 33.1. The van der Waals surface area contributed by atoms with Crippen LogP contribution < -0.4 is 5.73 Å². The lowest BCUT2D eigenvalue weighted by Crippen LogP contribution is -2.29. The highest BCUT2D eigenvalue weighted by Gasteiger charge is 2.26. The summed E-state index contributed by atoms with van der Waals surface area (Å²) in [6, 6.07) is 0. The Morgan fingerprint density at radius 2 is 0.582 bits per heavy atom. The van der Waals surface area contributed by atoms with Gasteiger partial charge in [-0.1, -0.05) is 339 Å². The third-order valence-corrected chi connectivity index (χ3v) is 16.4. The van der Waals surface area contributed by atoms with E-state index in [0.29, 0.717) is 12.8 Å². The monoisotopic (exact) mass is 1280 g/mol. The summed E-state index contributed by atoms with van der Waals surface area (Å²) in [6.45, 7) is 3.46. The van der Waals surface area contributed by atoms with Crippen molar-refractivity contribution in [3.63, 3.8) is 0 Å². The Morgan fingerprint density at radius 3 is 0.879 bits per heavy atom. The minimum Gasteiger partial charge on any atom is -0.462 e. The van der Waals surface area contributed by atoms with E-state index in [-0.39, 0.29) is 32.6 Å². The van der Waals surface area contributed by atoms with Crippen LogP contribution in [-0.4, -0.2) is 49.3 Å². The van der Waals surface area contributed by atoms with Crippen molar-refractivity contribution in [1.82, 2.24) is 0 Å². The van der Waals surface area contributed by atoms with E-state index in [9.17, 15) is 19.0 Å². The molecule has 0 bridgehead atoms. The van der Waals surface area contributed by atoms with Gasteiger partial charge in [0.25, 0.3) is 0 Å². The first-order chi connectivity index (χ1) is 44.8. The second-order valence-corrected chi connectivity index (χ2v) is 25.5. The molecule has 0 saturated carbocycles. The molecule has 0 fully saturated rings. The van der Waals surface area contributed by atoms with Crippen molar-refractivity contribution in [2.24, 2.45) is 5.73 Å². The molecule has 10 heteroatoms. The molecule has 0 saturated heterocycles. The zero-order valence-electron chi connectivity index (χ0n) is 58.3. The summed E-state index contributed by atoms with van der Waals surface area (Å²) in [6.07, 6.45) is 109. The molecule has 0 spiro atoms. The van der Waals surface area contributed by atoms with Crippen molar-refractivity contribution in [3.8, 4) is 0 Å². The number of hydrogen-bond donors (Lipinski definition) is 2. The molecule has 0 aliphatic heterocycles. The van der Waals surface area contributed by atoms with Crippen LogP contribution in [0.4, 0.5) is 0 Å². The van der Waals surface area contributed by atoms with E-state index in [1.54, 1.807) is 0 Å². The number of phosphoric ester groups is 1. The van der Waals surface area contributed by atoms with Crippen molar-refractivity contribution in [2.75, 3.05) is 26.4 Å². The number of allylic oxidation sites excluding steroid dienone is 26. The lowest BCUT2D eigenvalue weighted by molar-refractivity contribution is -0.161. The number of rotatable bonds is 68. The largest absolute Gasteiger partial charge is 0.472 e. The van der Waals surface area contributed by atoms with Crippen LogP contribution in [0, 0.1) is 0 Å². The van der Waals surface area contributed by atoms with Crippen LogP contribution in [0.15, 0.2) is 158 Å². The minimum absolute atomic E-state index is 0.0379. The van der Waals surface area contributed by atoms with E-state index in [4.69, 9.17) is 24.3 Å². The van der Waals surface area contributed by atoms with E-state index >= 15 is 0 Å². The number of nitrogens with two attached hydrogens (primary N) is 1. The number of carbonyl (C=O) groups is 2. The topological polar surface area (TPSA) is 134 Å². The van der Waals surface area contributed by atoms with Crippen LogP contribution in [0.5, 0.6) is 0 Å². The van der Waals surface area contributed by atoms with Gasteiger partial charge < -0.3 is 20.1 Å². The van der Waals surface area contributed by atoms with E-state index in [0.717, 1.165) is 103 Å². The molecule has 0 heterocycles. The first kappa shape index (κ1) is 86.6. The van der Waals surface area contributed by atoms with Crippen LogP contribution in [0.1, 0.15) is 309 Å². The highest BCUT2D eigenvalue weighted by molar-refractivity contribution is 7.47. The standard InChI is InChI=1S/C81H136NO8P/c1-3-5-7-9-11-13-15-17-19-21-23-25-27-29-31-33-34-35-36-37-38-39-40-41-42-43-44-46-47-49-51-53-55-57-59-61-63-65-67-69-71-73-80(83)87-77-79(78-89-91(85,86)88-76-75-82)90-81(84)74-72-70-68-66-64-62-60-58-56-54-52-50-48-45-32-30-28-26-24-22-20-18-16-14-12-10-8-6-4-2/h5-8,11-14,17-20,23-26,30,32,48,50,54,56,60,62,66,68,79H,3-4,9-10,15-16,21-22,27-29,31,33-47,49,51-53,55,57-59,61,63-65,67,69-78,82H2,1-2H3,(H,85,86)/b7-5-,8-6-,13-11-,14-12-,19-17-,20-18-,25-23-,26-24-,32-30-,50-48-,56-54-,62-60-,68-66-. The number of unbranched alkanes of at least 4 members (excludes halogenated alkanes) is 29. The Labute approximate surface area is 559 Å². The van der Waals surface area contributed by atoms with Gasteiger partial charge in [-0.15, -0.1) is 0 Å². The molecular formula is C81H136NO8P. The molecular weight excluding hydrogens is 1150 g/mol. The molecule has 0 aromatic carbocycles. The van der Waals surface area contributed by atoms with Crippen LogP contribution in [-0.2, 0) is 32.7 Å². The molecule has 0 aromatic rings. The van der Waals surface area contributed by atoms with Crippen molar-refractivity contribution >= 4 is 19.8 Å². The lowest BCUT2D eigenvalue weighted by atomic mass is 10.0. The molecule has 0 rings (SSSR count). The van der Waals surface area contributed by atoms with Crippen molar-refractivity contribution < 1.29 is 37.6 Å². The Balaban J connectivity index is 3.89. The quantitative estimate of drug-likeness (QED) is 0.0264. The SMILES string of the molecule is CC/C=C\C/C=C\C/C=C\C/C=C\C/C=C\C/C=C\C/C=C\C/C=C\C/C=C\CCCC(=O)OC(COC(=O)CCCCCCCCCCCCCCCCCCCCCCCCCCCCCC/C=C\C/C=C\C/C=C\C/C=C\CC)COP(=O)(O)OCCN. The third-order valence-electron chi connectivity index (χ3n) is 15.4. The van der Waals surface area contributed by atoms with Gasteiger partial charge in [0.05, 0.1) is 13.2 Å². The summed E-state index contributed by atoms with van der Waals surface area (Å²) in [5, 5.41) is 0. The highest BCUT2D eigenvalue weighted by Crippen LogP contribution is 2.43. The highest BCUT2D eigenvalue weighted by atomic mass is 31.2. The summed E-state index contributed by atoms with van der Waals surface area (Å²) >= 11 is 0. The van der Waals surface area contributed by atoms with Crippen LogP contribution in [0.25, 0.3) is 0 Å². The first-order valence-electron chi connectivity index (χ1n) is 37.0. The second kappa shape index (κ2) is 74.7. The molecule has 0 aliphatic carbocycles. The Morgan fingerprint density at radius 1 is 0.330 bits per heavy atom. The van der Waals surface area contributed by atoms with Gasteiger partial charge in [-0.2, -0.15) is 0 Å². The Kier molecular flexibility index (Phi) is 71.1. The van der Waals surface area contributed by atoms with Crippen LogP contribution >= 0.6 is 7.82 Å². The van der Waals surface area contributed by atoms with Gasteiger partial charge >= 0.3 is 19.8 Å². The van der Waals surface area contributed by atoms with E-state index < -0.39 is 32.5 Å². The molecule has 0 amide bonds.